The van der Waals surface area contributed by atoms with E-state index in [1.165, 1.54) is 13.0 Å². The van der Waals surface area contributed by atoms with Crippen molar-refractivity contribution in [3.8, 4) is 0 Å². The van der Waals surface area contributed by atoms with Crippen molar-refractivity contribution in [1.29, 1.82) is 0 Å². The summed E-state index contributed by atoms with van der Waals surface area (Å²) >= 11 is 0. The van der Waals surface area contributed by atoms with Crippen LogP contribution in [0.25, 0.3) is 0 Å². The minimum Gasteiger partial charge on any atom is -0.395 e. The fourth-order valence-electron chi connectivity index (χ4n) is 4.11. The number of nitrogens with zero attached hydrogens (tertiary/aromatic N) is 3. The summed E-state index contributed by atoms with van der Waals surface area (Å²) in [6.45, 7) is 13.1. The number of aliphatic hydroxyl groups is 1. The van der Waals surface area contributed by atoms with Crippen LogP contribution in [0.5, 0.6) is 0 Å². The number of hydrogen-bond donors (Lipinski definition) is 2. The Morgan fingerprint density at radius 1 is 1.00 bits per heavy atom. The minimum atomic E-state index is 0.285. The Hall–Kier alpha value is -0.240. The summed E-state index contributed by atoms with van der Waals surface area (Å²) in [6.07, 6.45) is 1.29. The van der Waals surface area contributed by atoms with Crippen LogP contribution >= 0.6 is 0 Å². The van der Waals surface area contributed by atoms with E-state index in [0.29, 0.717) is 6.04 Å². The quantitative estimate of drug-likeness (QED) is 0.673. The fourth-order valence-corrected chi connectivity index (χ4v) is 4.11. The lowest BCUT2D eigenvalue weighted by molar-refractivity contribution is -0.0114. The number of piperazine rings is 1. The highest BCUT2D eigenvalue weighted by Gasteiger charge is 2.32. The molecule has 0 saturated carbocycles. The van der Waals surface area contributed by atoms with Gasteiger partial charge in [-0.05, 0) is 18.9 Å². The maximum absolute atomic E-state index is 9.05. The molecule has 6 nitrogen and oxygen atoms in total. The molecule has 3 rings (SSSR count). The summed E-state index contributed by atoms with van der Waals surface area (Å²) in [6, 6.07) is 0.674. The van der Waals surface area contributed by atoms with Gasteiger partial charge in [-0.15, -0.1) is 0 Å². The molecule has 0 radical (unpaired) electrons. The van der Waals surface area contributed by atoms with Crippen LogP contribution in [-0.2, 0) is 4.74 Å². The molecule has 2 N–H and O–H groups in total. The van der Waals surface area contributed by atoms with Crippen LogP contribution in [0.2, 0.25) is 0 Å². The number of ether oxygens (including phenoxy) is 1. The summed E-state index contributed by atoms with van der Waals surface area (Å²) in [7, 11) is 0. The minimum absolute atomic E-state index is 0.285. The molecule has 22 heavy (non-hydrogen) atoms. The number of aliphatic hydroxyl groups excluding tert-OH is 1. The summed E-state index contributed by atoms with van der Waals surface area (Å²) in [5, 5.41) is 12.6. The molecular formula is C16H32N4O2. The molecule has 0 aromatic heterocycles. The van der Waals surface area contributed by atoms with E-state index in [0.717, 1.165) is 78.0 Å². The van der Waals surface area contributed by atoms with Crippen LogP contribution in [0, 0.1) is 5.92 Å². The number of rotatable bonds is 5. The molecule has 0 aromatic carbocycles. The van der Waals surface area contributed by atoms with Crippen molar-refractivity contribution in [1.82, 2.24) is 20.0 Å². The van der Waals surface area contributed by atoms with Crippen molar-refractivity contribution in [3.63, 3.8) is 0 Å². The Balaban J connectivity index is 1.49. The van der Waals surface area contributed by atoms with Crippen LogP contribution in [0.1, 0.15) is 6.42 Å². The Morgan fingerprint density at radius 3 is 2.45 bits per heavy atom. The lowest BCUT2D eigenvalue weighted by atomic mass is 9.90. The van der Waals surface area contributed by atoms with Gasteiger partial charge < -0.3 is 20.1 Å². The fraction of sp³-hybridized carbons (Fsp3) is 1.00. The number of β-amino-alcohol motifs (C(OH)–C–C–N with tert-alkyl or cyclic N) is 1. The predicted octanol–water partition coefficient (Wildman–Crippen LogP) is -1.09. The summed E-state index contributed by atoms with van der Waals surface area (Å²) in [5.74, 6) is 0.781. The topological polar surface area (TPSA) is 51.2 Å². The van der Waals surface area contributed by atoms with Crippen molar-refractivity contribution in [3.05, 3.63) is 0 Å². The molecule has 0 amide bonds. The first kappa shape index (κ1) is 16.6. The Bertz CT molecular complexity index is 317. The number of morpholine rings is 1. The first-order chi connectivity index (χ1) is 10.9. The molecule has 3 saturated heterocycles. The highest BCUT2D eigenvalue weighted by molar-refractivity contribution is 4.89. The van der Waals surface area contributed by atoms with E-state index in [1.807, 2.05) is 0 Å². The molecule has 2 atom stereocenters. The zero-order chi connectivity index (χ0) is 15.2. The zero-order valence-corrected chi connectivity index (χ0v) is 13.8. The van der Waals surface area contributed by atoms with Crippen LogP contribution in [-0.4, -0.2) is 111 Å². The maximum atomic E-state index is 9.05. The van der Waals surface area contributed by atoms with Crippen LogP contribution in [0.3, 0.4) is 0 Å². The molecule has 3 aliphatic rings. The molecule has 3 aliphatic heterocycles. The van der Waals surface area contributed by atoms with Crippen LogP contribution in [0.4, 0.5) is 0 Å². The first-order valence-corrected chi connectivity index (χ1v) is 8.95. The third-order valence-corrected chi connectivity index (χ3v) is 5.48. The second-order valence-corrected chi connectivity index (χ2v) is 6.83. The van der Waals surface area contributed by atoms with E-state index >= 15 is 0 Å². The molecule has 3 heterocycles. The van der Waals surface area contributed by atoms with E-state index in [2.05, 4.69) is 20.0 Å². The lowest BCUT2D eigenvalue weighted by Gasteiger charge is -2.44. The second kappa shape index (κ2) is 8.57. The van der Waals surface area contributed by atoms with E-state index in [9.17, 15) is 0 Å². The van der Waals surface area contributed by atoms with Gasteiger partial charge in [0.2, 0.25) is 0 Å². The second-order valence-electron chi connectivity index (χ2n) is 6.83. The van der Waals surface area contributed by atoms with Crippen LogP contribution < -0.4 is 5.32 Å². The van der Waals surface area contributed by atoms with Crippen LogP contribution in [0.15, 0.2) is 0 Å². The Morgan fingerprint density at radius 2 is 1.73 bits per heavy atom. The van der Waals surface area contributed by atoms with Gasteiger partial charge in [-0.3, -0.25) is 9.80 Å². The van der Waals surface area contributed by atoms with Gasteiger partial charge in [0.15, 0.2) is 0 Å². The van der Waals surface area contributed by atoms with Crippen molar-refractivity contribution in [2.24, 2.45) is 5.92 Å². The van der Waals surface area contributed by atoms with Gasteiger partial charge in [-0.25, -0.2) is 0 Å². The predicted molar refractivity (Wildman–Crippen MR) is 87.1 cm³/mol. The summed E-state index contributed by atoms with van der Waals surface area (Å²) in [4.78, 5) is 7.65. The van der Waals surface area contributed by atoms with Gasteiger partial charge in [0.25, 0.3) is 0 Å². The third kappa shape index (κ3) is 4.40. The van der Waals surface area contributed by atoms with Crippen molar-refractivity contribution in [2.75, 3.05) is 85.3 Å². The highest BCUT2D eigenvalue weighted by Crippen LogP contribution is 2.21. The van der Waals surface area contributed by atoms with E-state index < -0.39 is 0 Å². The smallest absolute Gasteiger partial charge is 0.0594 e. The molecule has 0 aliphatic carbocycles. The van der Waals surface area contributed by atoms with Gasteiger partial charge in [-0.2, -0.15) is 0 Å². The normalized spacial score (nSPS) is 33.1. The summed E-state index contributed by atoms with van der Waals surface area (Å²) < 4.78 is 5.51. The first-order valence-electron chi connectivity index (χ1n) is 8.95. The highest BCUT2D eigenvalue weighted by atomic mass is 16.5. The van der Waals surface area contributed by atoms with Crippen molar-refractivity contribution in [2.45, 2.75) is 12.5 Å². The van der Waals surface area contributed by atoms with Gasteiger partial charge >= 0.3 is 0 Å². The standard InChI is InChI=1S/C16H32N4O2/c21-10-7-18-3-5-19(6-4-18)14-15-1-2-17-13-16(15)20-8-11-22-12-9-20/h15-17,21H,1-14H2. The maximum Gasteiger partial charge on any atom is 0.0594 e. The van der Waals surface area contributed by atoms with Gasteiger partial charge in [0.05, 0.1) is 19.8 Å². The van der Waals surface area contributed by atoms with E-state index in [-0.39, 0.29) is 6.61 Å². The molecule has 0 bridgehead atoms. The van der Waals surface area contributed by atoms with Gasteiger partial charge in [0, 0.05) is 64.9 Å². The zero-order valence-electron chi connectivity index (χ0n) is 13.8. The van der Waals surface area contributed by atoms with E-state index in [4.69, 9.17) is 9.84 Å². The molecule has 2 unspecified atom stereocenters. The average Bonchev–Trinajstić information content (AvgIpc) is 2.58. The third-order valence-electron chi connectivity index (χ3n) is 5.48. The molecule has 0 aromatic rings. The Labute approximate surface area is 134 Å². The number of piperidine rings is 1. The molecule has 6 heteroatoms. The largest absolute Gasteiger partial charge is 0.395 e. The van der Waals surface area contributed by atoms with Gasteiger partial charge in [-0.1, -0.05) is 0 Å². The molecule has 128 valence electrons. The lowest BCUT2D eigenvalue weighted by Crippen LogP contribution is -2.58. The average molecular weight is 312 g/mol. The molecular weight excluding hydrogens is 280 g/mol. The summed E-state index contributed by atoms with van der Waals surface area (Å²) in [5.41, 5.74) is 0. The number of hydrogen-bond acceptors (Lipinski definition) is 6. The van der Waals surface area contributed by atoms with E-state index in [1.54, 1.807) is 0 Å². The number of nitrogens with one attached hydrogen (secondary N) is 1. The van der Waals surface area contributed by atoms with Crippen molar-refractivity contribution >= 4 is 0 Å². The Kier molecular flexibility index (Phi) is 6.47. The SMILES string of the molecule is OCCN1CCN(CC2CCNCC2N2CCOCC2)CC1. The monoisotopic (exact) mass is 312 g/mol. The van der Waals surface area contributed by atoms with Crippen molar-refractivity contribution < 1.29 is 9.84 Å². The molecule has 0 spiro atoms. The molecule has 3 fully saturated rings. The van der Waals surface area contributed by atoms with Gasteiger partial charge in [0.1, 0.15) is 0 Å².